The molecule has 0 fully saturated rings. The Labute approximate surface area is 140 Å². The molecule has 0 saturated heterocycles. The van der Waals surface area contributed by atoms with Crippen molar-refractivity contribution in [2.24, 2.45) is 0 Å². The van der Waals surface area contributed by atoms with Gasteiger partial charge in [-0.2, -0.15) is 0 Å². The number of amides is 2. The Kier molecular flexibility index (Phi) is 5.42. The van der Waals surface area contributed by atoms with Gasteiger partial charge in [-0.05, 0) is 49.2 Å². The summed E-state index contributed by atoms with van der Waals surface area (Å²) in [6, 6.07) is 9.11. The number of aromatic hydroxyl groups is 2. The Balaban J connectivity index is 1.82. The zero-order valence-electron chi connectivity index (χ0n) is 13.6. The second kappa shape index (κ2) is 7.50. The van der Waals surface area contributed by atoms with Gasteiger partial charge in [0.05, 0.1) is 0 Å². The second-order valence-corrected chi connectivity index (χ2v) is 5.55. The molecule has 6 heteroatoms. The minimum absolute atomic E-state index is 0.146. The third-order valence-corrected chi connectivity index (χ3v) is 3.63. The highest BCUT2D eigenvalue weighted by Gasteiger charge is 2.09. The number of carbonyl (C=O) groups excluding carboxylic acids is 2. The molecule has 0 spiro atoms. The Morgan fingerprint density at radius 3 is 1.88 bits per heavy atom. The van der Waals surface area contributed by atoms with E-state index in [-0.39, 0.29) is 36.1 Å². The lowest BCUT2D eigenvalue weighted by atomic mass is 10.1. The number of rotatable bonds is 5. The first-order chi connectivity index (χ1) is 11.4. The molecular formula is C18H20N2O4. The lowest BCUT2D eigenvalue weighted by molar-refractivity contribution is 0.0927. The van der Waals surface area contributed by atoms with Gasteiger partial charge in [0.25, 0.3) is 11.8 Å². The summed E-state index contributed by atoms with van der Waals surface area (Å²) in [5, 5.41) is 24.0. The summed E-state index contributed by atoms with van der Waals surface area (Å²) >= 11 is 0. The van der Waals surface area contributed by atoms with Gasteiger partial charge in [0.15, 0.2) is 0 Å². The van der Waals surface area contributed by atoms with Crippen molar-refractivity contribution in [2.75, 3.05) is 13.1 Å². The molecule has 0 heterocycles. The van der Waals surface area contributed by atoms with Gasteiger partial charge < -0.3 is 20.8 Å². The van der Waals surface area contributed by atoms with E-state index < -0.39 is 5.91 Å². The van der Waals surface area contributed by atoms with Gasteiger partial charge >= 0.3 is 0 Å². The Morgan fingerprint density at radius 2 is 1.33 bits per heavy atom. The molecule has 2 aromatic carbocycles. The van der Waals surface area contributed by atoms with Gasteiger partial charge in [-0.3, -0.25) is 9.59 Å². The standard InChI is InChI=1S/C18H20N2O4/c1-11-3-4-13(7-12(11)2)17(23)19-5-6-20-18(24)14-8-15(21)10-16(22)9-14/h3-4,7-10,21-22H,5-6H2,1-2H3,(H,19,23)(H,20,24). The molecule has 126 valence electrons. The molecule has 0 atom stereocenters. The Hall–Kier alpha value is -3.02. The van der Waals surface area contributed by atoms with Crippen LogP contribution in [0.1, 0.15) is 31.8 Å². The number of phenolic OH excluding ortho intramolecular Hbond substituents is 2. The molecule has 2 amide bonds. The maximum absolute atomic E-state index is 12.0. The van der Waals surface area contributed by atoms with Crippen LogP contribution in [0.5, 0.6) is 11.5 Å². The number of hydrogen-bond donors (Lipinski definition) is 4. The van der Waals surface area contributed by atoms with Gasteiger partial charge in [0.2, 0.25) is 0 Å². The van der Waals surface area contributed by atoms with E-state index >= 15 is 0 Å². The SMILES string of the molecule is Cc1ccc(C(=O)NCCNC(=O)c2cc(O)cc(O)c2)cc1C. The van der Waals surface area contributed by atoms with E-state index in [1.54, 1.807) is 6.07 Å². The van der Waals surface area contributed by atoms with Gasteiger partial charge in [-0.25, -0.2) is 0 Å². The lowest BCUT2D eigenvalue weighted by Crippen LogP contribution is -2.34. The van der Waals surface area contributed by atoms with E-state index in [0.717, 1.165) is 17.2 Å². The molecule has 0 aliphatic rings. The van der Waals surface area contributed by atoms with Crippen LogP contribution in [0, 0.1) is 13.8 Å². The predicted molar refractivity (Wildman–Crippen MR) is 90.4 cm³/mol. The molecule has 0 bridgehead atoms. The van der Waals surface area contributed by atoms with Crippen LogP contribution in [0.25, 0.3) is 0 Å². The molecule has 4 N–H and O–H groups in total. The number of phenols is 2. The van der Waals surface area contributed by atoms with Gasteiger partial charge in [0, 0.05) is 30.3 Å². The van der Waals surface area contributed by atoms with Crippen molar-refractivity contribution in [1.29, 1.82) is 0 Å². The quantitative estimate of drug-likeness (QED) is 0.630. The van der Waals surface area contributed by atoms with Crippen LogP contribution in [0.4, 0.5) is 0 Å². The monoisotopic (exact) mass is 328 g/mol. The molecule has 2 rings (SSSR count). The highest BCUT2D eigenvalue weighted by atomic mass is 16.3. The van der Waals surface area contributed by atoms with Crippen LogP contribution in [-0.2, 0) is 0 Å². The van der Waals surface area contributed by atoms with Crippen molar-refractivity contribution < 1.29 is 19.8 Å². The molecule has 0 radical (unpaired) electrons. The highest BCUT2D eigenvalue weighted by molar-refractivity contribution is 5.95. The first-order valence-corrected chi connectivity index (χ1v) is 7.53. The van der Waals surface area contributed by atoms with Crippen molar-refractivity contribution in [3.8, 4) is 11.5 Å². The summed E-state index contributed by atoms with van der Waals surface area (Å²) < 4.78 is 0. The predicted octanol–water partition coefficient (Wildman–Crippen LogP) is 1.87. The van der Waals surface area contributed by atoms with E-state index in [1.165, 1.54) is 12.1 Å². The fourth-order valence-corrected chi connectivity index (χ4v) is 2.17. The summed E-state index contributed by atoms with van der Waals surface area (Å²) in [6.07, 6.45) is 0. The number of aryl methyl sites for hydroxylation is 2. The third-order valence-electron chi connectivity index (χ3n) is 3.63. The van der Waals surface area contributed by atoms with Crippen LogP contribution in [-0.4, -0.2) is 35.1 Å². The maximum atomic E-state index is 12.0. The van der Waals surface area contributed by atoms with Crippen molar-refractivity contribution in [3.05, 3.63) is 58.7 Å². The summed E-state index contributed by atoms with van der Waals surface area (Å²) in [7, 11) is 0. The van der Waals surface area contributed by atoms with Crippen LogP contribution in [0.15, 0.2) is 36.4 Å². The average Bonchev–Trinajstić information content (AvgIpc) is 2.52. The molecule has 0 aliphatic heterocycles. The number of nitrogens with one attached hydrogen (secondary N) is 2. The minimum atomic E-state index is -0.443. The van der Waals surface area contributed by atoms with Gasteiger partial charge in [-0.1, -0.05) is 6.07 Å². The van der Waals surface area contributed by atoms with Crippen molar-refractivity contribution in [1.82, 2.24) is 10.6 Å². The molecule has 0 aromatic heterocycles. The van der Waals surface area contributed by atoms with Crippen LogP contribution < -0.4 is 10.6 Å². The molecular weight excluding hydrogens is 308 g/mol. The largest absolute Gasteiger partial charge is 0.508 e. The van der Waals surface area contributed by atoms with Crippen LogP contribution >= 0.6 is 0 Å². The molecule has 2 aromatic rings. The smallest absolute Gasteiger partial charge is 0.251 e. The summed E-state index contributed by atoms with van der Waals surface area (Å²) in [5.41, 5.74) is 2.88. The van der Waals surface area contributed by atoms with Crippen molar-refractivity contribution in [3.63, 3.8) is 0 Å². The van der Waals surface area contributed by atoms with E-state index in [0.29, 0.717) is 5.56 Å². The summed E-state index contributed by atoms with van der Waals surface area (Å²) in [4.78, 5) is 23.9. The van der Waals surface area contributed by atoms with Crippen LogP contribution in [0.3, 0.4) is 0 Å². The van der Waals surface area contributed by atoms with E-state index in [2.05, 4.69) is 10.6 Å². The number of carbonyl (C=O) groups is 2. The molecule has 0 saturated carbocycles. The average molecular weight is 328 g/mol. The van der Waals surface area contributed by atoms with E-state index in [1.807, 2.05) is 26.0 Å². The maximum Gasteiger partial charge on any atom is 0.251 e. The van der Waals surface area contributed by atoms with Crippen LogP contribution in [0.2, 0.25) is 0 Å². The first-order valence-electron chi connectivity index (χ1n) is 7.53. The number of benzene rings is 2. The van der Waals surface area contributed by atoms with Gasteiger partial charge in [0.1, 0.15) is 11.5 Å². The van der Waals surface area contributed by atoms with Gasteiger partial charge in [-0.15, -0.1) is 0 Å². The minimum Gasteiger partial charge on any atom is -0.508 e. The van der Waals surface area contributed by atoms with E-state index in [9.17, 15) is 19.8 Å². The second-order valence-electron chi connectivity index (χ2n) is 5.55. The number of hydrogen-bond acceptors (Lipinski definition) is 4. The van der Waals surface area contributed by atoms with Crippen molar-refractivity contribution in [2.45, 2.75) is 13.8 Å². The zero-order valence-corrected chi connectivity index (χ0v) is 13.6. The Morgan fingerprint density at radius 1 is 0.792 bits per heavy atom. The Bertz CT molecular complexity index is 751. The molecule has 0 aliphatic carbocycles. The normalized spacial score (nSPS) is 10.2. The third kappa shape index (κ3) is 4.49. The van der Waals surface area contributed by atoms with E-state index in [4.69, 9.17) is 0 Å². The molecule has 6 nitrogen and oxygen atoms in total. The first kappa shape index (κ1) is 17.3. The fraction of sp³-hybridized carbons (Fsp3) is 0.222. The summed E-state index contributed by atoms with van der Waals surface area (Å²) in [5.74, 6) is -1.03. The fourth-order valence-electron chi connectivity index (χ4n) is 2.17. The summed E-state index contributed by atoms with van der Waals surface area (Å²) in [6.45, 7) is 4.41. The zero-order chi connectivity index (χ0) is 17.7. The highest BCUT2D eigenvalue weighted by Crippen LogP contribution is 2.20. The van der Waals surface area contributed by atoms with Crippen molar-refractivity contribution >= 4 is 11.8 Å². The topological polar surface area (TPSA) is 98.7 Å². The molecule has 0 unspecified atom stereocenters. The molecule has 24 heavy (non-hydrogen) atoms. The lowest BCUT2D eigenvalue weighted by Gasteiger charge is -2.09.